The van der Waals surface area contributed by atoms with Gasteiger partial charge in [0.1, 0.15) is 0 Å². The maximum absolute atomic E-state index is 12.7. The van der Waals surface area contributed by atoms with Crippen molar-refractivity contribution < 1.29 is 18.0 Å². The molecule has 2 atom stereocenters. The van der Waals surface area contributed by atoms with Gasteiger partial charge in [-0.15, -0.1) is 0 Å². The van der Waals surface area contributed by atoms with Crippen LogP contribution in [0.1, 0.15) is 31.2 Å². The summed E-state index contributed by atoms with van der Waals surface area (Å²) in [5.41, 5.74) is 1.19. The summed E-state index contributed by atoms with van der Waals surface area (Å²) in [4.78, 5) is 11.9. The van der Waals surface area contributed by atoms with E-state index in [9.17, 15) is 18.0 Å². The van der Waals surface area contributed by atoms with Gasteiger partial charge in [0, 0.05) is 11.7 Å². The number of nitriles is 1. The molecule has 1 fully saturated rings. The molecule has 0 spiro atoms. The Labute approximate surface area is 132 Å². The van der Waals surface area contributed by atoms with Crippen molar-refractivity contribution in [3.63, 3.8) is 0 Å². The molecule has 23 heavy (non-hydrogen) atoms. The van der Waals surface area contributed by atoms with E-state index in [1.54, 1.807) is 24.3 Å². The minimum Gasteiger partial charge on any atom is -0.376 e. The Morgan fingerprint density at radius 3 is 2.57 bits per heavy atom. The predicted octanol–water partition coefficient (Wildman–Crippen LogP) is 3.21. The number of carbonyl (C=O) groups is 1. The topological polar surface area (TPSA) is 64.9 Å². The van der Waals surface area contributed by atoms with Gasteiger partial charge in [-0.3, -0.25) is 4.79 Å². The lowest BCUT2D eigenvalue weighted by atomic mass is 9.85. The van der Waals surface area contributed by atoms with Crippen molar-refractivity contribution in [1.29, 1.82) is 5.26 Å². The van der Waals surface area contributed by atoms with Gasteiger partial charge in [-0.05, 0) is 43.5 Å². The Bertz CT molecular complexity index is 578. The van der Waals surface area contributed by atoms with Crippen LogP contribution in [-0.4, -0.2) is 24.7 Å². The lowest BCUT2D eigenvalue weighted by Gasteiger charge is -2.31. The third kappa shape index (κ3) is 5.16. The highest BCUT2D eigenvalue weighted by atomic mass is 19.4. The number of rotatable bonds is 4. The van der Waals surface area contributed by atoms with E-state index in [4.69, 9.17) is 5.26 Å². The van der Waals surface area contributed by atoms with E-state index < -0.39 is 18.1 Å². The molecule has 7 heteroatoms. The number of hydrogen-bond acceptors (Lipinski definition) is 3. The number of anilines is 1. The van der Waals surface area contributed by atoms with E-state index in [1.807, 2.05) is 6.07 Å². The van der Waals surface area contributed by atoms with Crippen molar-refractivity contribution in [1.82, 2.24) is 5.32 Å². The molecule has 0 heterocycles. The van der Waals surface area contributed by atoms with Crippen molar-refractivity contribution in [2.75, 3.05) is 11.9 Å². The van der Waals surface area contributed by atoms with Crippen molar-refractivity contribution >= 4 is 11.6 Å². The molecule has 0 aliphatic heterocycles. The lowest BCUT2D eigenvalue weighted by molar-refractivity contribution is -0.184. The van der Waals surface area contributed by atoms with Gasteiger partial charge in [0.25, 0.3) is 0 Å². The average Bonchev–Trinajstić information content (AvgIpc) is 2.53. The molecule has 1 saturated carbocycles. The number of nitrogens with zero attached hydrogens (tertiary/aromatic N) is 1. The Kier molecular flexibility index (Phi) is 5.48. The first kappa shape index (κ1) is 17.1. The molecular formula is C16H18F3N3O. The molecule has 0 saturated heterocycles. The van der Waals surface area contributed by atoms with Crippen molar-refractivity contribution in [2.24, 2.45) is 5.92 Å². The Morgan fingerprint density at radius 1 is 1.26 bits per heavy atom. The third-order valence-corrected chi connectivity index (χ3v) is 3.97. The number of alkyl halides is 3. The molecule has 1 amide bonds. The van der Waals surface area contributed by atoms with Crippen LogP contribution in [0.2, 0.25) is 0 Å². The van der Waals surface area contributed by atoms with E-state index in [2.05, 4.69) is 10.6 Å². The van der Waals surface area contributed by atoms with Crippen LogP contribution in [-0.2, 0) is 4.79 Å². The van der Waals surface area contributed by atoms with Crippen LogP contribution in [0.15, 0.2) is 24.3 Å². The first-order chi connectivity index (χ1) is 10.9. The summed E-state index contributed by atoms with van der Waals surface area (Å²) in [6.07, 6.45) is -3.05. The quantitative estimate of drug-likeness (QED) is 0.893. The summed E-state index contributed by atoms with van der Waals surface area (Å²) in [7, 11) is 0. The highest BCUT2D eigenvalue weighted by Crippen LogP contribution is 2.37. The van der Waals surface area contributed by atoms with Crippen LogP contribution in [0.3, 0.4) is 0 Å². The standard InChI is InChI=1S/C16H18F3N3O/c17-16(18,19)12-2-1-3-14(8-12)22-15(23)10-21-13-6-4-11(9-20)5-7-13/h4-7,12,14,21H,1-3,8,10H2,(H,22,23)/t12-,14-/m1/s1. The summed E-state index contributed by atoms with van der Waals surface area (Å²) in [6, 6.07) is 8.15. The van der Waals surface area contributed by atoms with E-state index >= 15 is 0 Å². The Morgan fingerprint density at radius 2 is 1.96 bits per heavy atom. The molecule has 1 aliphatic carbocycles. The molecule has 0 aromatic heterocycles. The highest BCUT2D eigenvalue weighted by Gasteiger charge is 2.42. The summed E-state index contributed by atoms with van der Waals surface area (Å²) in [5, 5.41) is 14.2. The van der Waals surface area contributed by atoms with Gasteiger partial charge in [0.2, 0.25) is 5.91 Å². The van der Waals surface area contributed by atoms with Gasteiger partial charge < -0.3 is 10.6 Å². The monoisotopic (exact) mass is 325 g/mol. The van der Waals surface area contributed by atoms with Crippen molar-refractivity contribution in [3.05, 3.63) is 29.8 Å². The van der Waals surface area contributed by atoms with Crippen molar-refractivity contribution in [2.45, 2.75) is 37.9 Å². The molecule has 2 N–H and O–H groups in total. The first-order valence-corrected chi connectivity index (χ1v) is 7.48. The van der Waals surface area contributed by atoms with Crippen LogP contribution in [0.5, 0.6) is 0 Å². The second-order valence-electron chi connectivity index (χ2n) is 5.71. The SMILES string of the molecule is N#Cc1ccc(NCC(=O)N[C@@H]2CCC[C@@H](C(F)(F)F)C2)cc1. The fourth-order valence-corrected chi connectivity index (χ4v) is 2.74. The normalized spacial score (nSPS) is 21.3. The maximum atomic E-state index is 12.7. The second kappa shape index (κ2) is 7.36. The Hall–Kier alpha value is -2.23. The predicted molar refractivity (Wildman–Crippen MR) is 79.6 cm³/mol. The van der Waals surface area contributed by atoms with Gasteiger partial charge in [-0.25, -0.2) is 0 Å². The van der Waals surface area contributed by atoms with E-state index in [0.29, 0.717) is 24.1 Å². The smallest absolute Gasteiger partial charge is 0.376 e. The number of halogens is 3. The lowest BCUT2D eigenvalue weighted by Crippen LogP contribution is -2.43. The molecule has 0 bridgehead atoms. The van der Waals surface area contributed by atoms with Gasteiger partial charge in [0.05, 0.1) is 24.1 Å². The molecule has 1 aromatic rings. The minimum absolute atomic E-state index is 0.0148. The van der Waals surface area contributed by atoms with E-state index in [-0.39, 0.29) is 25.3 Å². The number of hydrogen-bond donors (Lipinski definition) is 2. The van der Waals surface area contributed by atoms with Gasteiger partial charge >= 0.3 is 6.18 Å². The zero-order valence-electron chi connectivity index (χ0n) is 12.5. The molecule has 1 aliphatic rings. The average molecular weight is 325 g/mol. The van der Waals surface area contributed by atoms with Crippen molar-refractivity contribution in [3.8, 4) is 6.07 Å². The minimum atomic E-state index is -4.19. The van der Waals surface area contributed by atoms with Crippen LogP contribution in [0, 0.1) is 17.2 Å². The third-order valence-electron chi connectivity index (χ3n) is 3.97. The van der Waals surface area contributed by atoms with Gasteiger partial charge in [-0.2, -0.15) is 18.4 Å². The van der Waals surface area contributed by atoms with Gasteiger partial charge in [-0.1, -0.05) is 6.42 Å². The molecule has 124 valence electrons. The number of amides is 1. The number of carbonyl (C=O) groups excluding carboxylic acids is 1. The molecule has 4 nitrogen and oxygen atoms in total. The molecule has 1 aromatic carbocycles. The van der Waals surface area contributed by atoms with E-state index in [0.717, 1.165) is 0 Å². The number of nitrogens with one attached hydrogen (secondary N) is 2. The largest absolute Gasteiger partial charge is 0.391 e. The number of benzene rings is 1. The van der Waals surface area contributed by atoms with Crippen LogP contribution in [0.4, 0.5) is 18.9 Å². The molecule has 0 unspecified atom stereocenters. The van der Waals surface area contributed by atoms with Crippen LogP contribution < -0.4 is 10.6 Å². The van der Waals surface area contributed by atoms with Gasteiger partial charge in [0.15, 0.2) is 0 Å². The fraction of sp³-hybridized carbons (Fsp3) is 0.500. The zero-order chi connectivity index (χ0) is 16.9. The summed E-state index contributed by atoms with van der Waals surface area (Å²) >= 11 is 0. The summed E-state index contributed by atoms with van der Waals surface area (Å²) in [6.45, 7) is -0.0148. The van der Waals surface area contributed by atoms with Crippen LogP contribution >= 0.6 is 0 Å². The van der Waals surface area contributed by atoms with Crippen LogP contribution in [0.25, 0.3) is 0 Å². The molecule has 2 rings (SSSR count). The zero-order valence-corrected chi connectivity index (χ0v) is 12.5. The highest BCUT2D eigenvalue weighted by molar-refractivity contribution is 5.81. The molecule has 0 radical (unpaired) electrons. The second-order valence-corrected chi connectivity index (χ2v) is 5.71. The Balaban J connectivity index is 1.79. The first-order valence-electron chi connectivity index (χ1n) is 7.48. The summed E-state index contributed by atoms with van der Waals surface area (Å²) in [5.74, 6) is -1.66. The summed E-state index contributed by atoms with van der Waals surface area (Å²) < 4.78 is 38.2. The van der Waals surface area contributed by atoms with E-state index in [1.165, 1.54) is 0 Å². The fourth-order valence-electron chi connectivity index (χ4n) is 2.74. The maximum Gasteiger partial charge on any atom is 0.391 e. The molecular weight excluding hydrogens is 307 g/mol.